The lowest BCUT2D eigenvalue weighted by Crippen LogP contribution is -2.52. The van der Waals surface area contributed by atoms with Crippen molar-refractivity contribution in [2.45, 2.75) is 26.3 Å². The van der Waals surface area contributed by atoms with Crippen LogP contribution >= 0.6 is 15.9 Å². The van der Waals surface area contributed by atoms with Gasteiger partial charge in [-0.1, -0.05) is 22.0 Å². The van der Waals surface area contributed by atoms with Crippen molar-refractivity contribution in [2.24, 2.45) is 0 Å². The molecular formula is C13H17BrN2O3. The Labute approximate surface area is 120 Å². The van der Waals surface area contributed by atoms with Gasteiger partial charge in [0.05, 0.1) is 0 Å². The van der Waals surface area contributed by atoms with E-state index in [1.165, 1.54) is 20.9 Å². The third kappa shape index (κ3) is 3.47. The molecular weight excluding hydrogens is 312 g/mol. The minimum absolute atomic E-state index is 0.469. The molecule has 0 saturated heterocycles. The van der Waals surface area contributed by atoms with Gasteiger partial charge in [0.2, 0.25) is 0 Å². The van der Waals surface area contributed by atoms with Crippen molar-refractivity contribution in [1.29, 1.82) is 0 Å². The molecule has 1 rings (SSSR count). The van der Waals surface area contributed by atoms with Gasteiger partial charge in [-0.3, -0.25) is 0 Å². The van der Waals surface area contributed by atoms with Crippen molar-refractivity contribution in [3.8, 4) is 0 Å². The fraction of sp³-hybridized carbons (Fsp3) is 0.385. The Hall–Kier alpha value is -1.56. The van der Waals surface area contributed by atoms with Gasteiger partial charge in [-0.2, -0.15) is 0 Å². The monoisotopic (exact) mass is 328 g/mol. The number of likely N-dealkylation sites (N-methyl/N-ethyl adjacent to an activating group) is 1. The van der Waals surface area contributed by atoms with Crippen LogP contribution in [0.15, 0.2) is 22.7 Å². The smallest absolute Gasteiger partial charge is 0.329 e. The molecule has 5 nitrogen and oxygen atoms in total. The van der Waals surface area contributed by atoms with E-state index in [-0.39, 0.29) is 0 Å². The summed E-state index contributed by atoms with van der Waals surface area (Å²) in [7, 11) is 1.45. The van der Waals surface area contributed by atoms with Crippen LogP contribution in [0.1, 0.15) is 19.4 Å². The van der Waals surface area contributed by atoms with Crippen molar-refractivity contribution in [2.75, 3.05) is 12.4 Å². The lowest BCUT2D eigenvalue weighted by atomic mass is 10.1. The zero-order chi connectivity index (χ0) is 14.8. The van der Waals surface area contributed by atoms with Crippen LogP contribution in [0.4, 0.5) is 10.5 Å². The molecule has 2 amide bonds. The fourth-order valence-corrected chi connectivity index (χ4v) is 1.65. The second-order valence-electron chi connectivity index (χ2n) is 4.82. The summed E-state index contributed by atoms with van der Waals surface area (Å²) >= 11 is 3.38. The van der Waals surface area contributed by atoms with Gasteiger partial charge in [-0.15, -0.1) is 0 Å². The second kappa shape index (κ2) is 5.61. The molecule has 0 unspecified atom stereocenters. The Kier molecular flexibility index (Phi) is 4.57. The molecule has 0 atom stereocenters. The Bertz CT molecular complexity index is 515. The molecule has 0 spiro atoms. The zero-order valence-corrected chi connectivity index (χ0v) is 12.9. The maximum absolute atomic E-state index is 12.0. The number of benzene rings is 1. The molecule has 0 aliphatic rings. The number of hydrogen-bond donors (Lipinski definition) is 2. The predicted molar refractivity (Wildman–Crippen MR) is 77.4 cm³/mol. The van der Waals surface area contributed by atoms with Gasteiger partial charge in [0, 0.05) is 17.2 Å². The Morgan fingerprint density at radius 2 is 1.95 bits per heavy atom. The highest BCUT2D eigenvalue weighted by Gasteiger charge is 2.35. The number of nitrogens with zero attached hydrogens (tertiary/aromatic N) is 1. The number of halogens is 1. The highest BCUT2D eigenvalue weighted by molar-refractivity contribution is 9.10. The Morgan fingerprint density at radius 1 is 1.37 bits per heavy atom. The molecule has 0 saturated carbocycles. The van der Waals surface area contributed by atoms with E-state index in [4.69, 9.17) is 5.11 Å². The van der Waals surface area contributed by atoms with E-state index in [0.717, 1.165) is 14.9 Å². The second-order valence-corrected chi connectivity index (χ2v) is 5.67. The summed E-state index contributed by atoms with van der Waals surface area (Å²) in [6.07, 6.45) is 0. The first kappa shape index (κ1) is 15.5. The number of anilines is 1. The molecule has 6 heteroatoms. The molecule has 0 aromatic heterocycles. The van der Waals surface area contributed by atoms with Gasteiger partial charge in [-0.25, -0.2) is 9.59 Å². The van der Waals surface area contributed by atoms with Gasteiger partial charge in [0.1, 0.15) is 5.54 Å². The number of hydrogen-bond acceptors (Lipinski definition) is 2. The molecule has 0 aliphatic carbocycles. The summed E-state index contributed by atoms with van der Waals surface area (Å²) in [5.74, 6) is -1.06. The van der Waals surface area contributed by atoms with Gasteiger partial charge >= 0.3 is 12.0 Å². The lowest BCUT2D eigenvalue weighted by Gasteiger charge is -2.31. The minimum Gasteiger partial charge on any atom is -0.480 e. The first-order valence-corrected chi connectivity index (χ1v) is 6.50. The molecule has 0 fully saturated rings. The van der Waals surface area contributed by atoms with Gasteiger partial charge in [0.25, 0.3) is 0 Å². The largest absolute Gasteiger partial charge is 0.480 e. The number of aliphatic carboxylic acids is 1. The quantitative estimate of drug-likeness (QED) is 0.895. The summed E-state index contributed by atoms with van der Waals surface area (Å²) in [5.41, 5.74) is 0.388. The number of amides is 2. The van der Waals surface area contributed by atoms with Crippen molar-refractivity contribution in [3.63, 3.8) is 0 Å². The highest BCUT2D eigenvalue weighted by Crippen LogP contribution is 2.21. The third-order valence-corrected chi connectivity index (χ3v) is 3.94. The van der Waals surface area contributed by atoms with E-state index >= 15 is 0 Å². The number of carboxylic acids is 1. The summed E-state index contributed by atoms with van der Waals surface area (Å²) in [6.45, 7) is 4.88. The molecule has 0 radical (unpaired) electrons. The average Bonchev–Trinajstić information content (AvgIpc) is 2.32. The number of carboxylic acid groups (broad SMARTS) is 1. The van der Waals surface area contributed by atoms with E-state index in [0.29, 0.717) is 5.69 Å². The molecule has 19 heavy (non-hydrogen) atoms. The number of aryl methyl sites for hydroxylation is 1. The van der Waals surface area contributed by atoms with Crippen LogP contribution in [0, 0.1) is 6.92 Å². The number of nitrogens with one attached hydrogen (secondary N) is 1. The van der Waals surface area contributed by atoms with Gasteiger partial charge in [0.15, 0.2) is 0 Å². The molecule has 2 N–H and O–H groups in total. The fourth-order valence-electron chi connectivity index (χ4n) is 1.28. The van der Waals surface area contributed by atoms with Crippen molar-refractivity contribution in [3.05, 3.63) is 28.2 Å². The SMILES string of the molecule is Cc1ccc(NC(=O)N(C)C(C)(C)C(=O)O)cc1Br. The van der Waals surface area contributed by atoms with Gasteiger partial charge < -0.3 is 15.3 Å². The van der Waals surface area contributed by atoms with Crippen LogP contribution in [0.5, 0.6) is 0 Å². The average molecular weight is 329 g/mol. The van der Waals surface area contributed by atoms with E-state index in [1.54, 1.807) is 12.1 Å². The van der Waals surface area contributed by atoms with Crippen molar-refractivity contribution in [1.82, 2.24) is 4.90 Å². The highest BCUT2D eigenvalue weighted by atomic mass is 79.9. The first-order valence-electron chi connectivity index (χ1n) is 5.70. The maximum Gasteiger partial charge on any atom is 0.329 e. The van der Waals surface area contributed by atoms with Crippen molar-refractivity contribution >= 4 is 33.6 Å². The molecule has 1 aromatic carbocycles. The van der Waals surface area contributed by atoms with Crippen molar-refractivity contribution < 1.29 is 14.7 Å². The summed E-state index contributed by atoms with van der Waals surface area (Å²) in [4.78, 5) is 24.2. The normalized spacial score (nSPS) is 11.0. The molecule has 0 heterocycles. The van der Waals surface area contributed by atoms with Crippen LogP contribution in [0.25, 0.3) is 0 Å². The van der Waals surface area contributed by atoms with Crippen LogP contribution in [-0.2, 0) is 4.79 Å². The van der Waals surface area contributed by atoms with E-state index < -0.39 is 17.5 Å². The molecule has 0 bridgehead atoms. The Morgan fingerprint density at radius 3 is 2.42 bits per heavy atom. The maximum atomic E-state index is 12.0. The Balaban J connectivity index is 2.85. The molecule has 1 aromatic rings. The lowest BCUT2D eigenvalue weighted by molar-refractivity contribution is -0.146. The molecule has 0 aliphatic heterocycles. The van der Waals surface area contributed by atoms with E-state index in [1.807, 2.05) is 13.0 Å². The van der Waals surface area contributed by atoms with Gasteiger partial charge in [-0.05, 0) is 38.5 Å². The number of urea groups is 1. The third-order valence-electron chi connectivity index (χ3n) is 3.09. The summed E-state index contributed by atoms with van der Waals surface area (Å²) in [5, 5.41) is 11.7. The van der Waals surface area contributed by atoms with Crippen LogP contribution in [0.2, 0.25) is 0 Å². The van der Waals surface area contributed by atoms with E-state index in [9.17, 15) is 9.59 Å². The zero-order valence-electron chi connectivity index (χ0n) is 11.3. The first-order chi connectivity index (χ1) is 8.66. The topological polar surface area (TPSA) is 69.6 Å². The molecule has 104 valence electrons. The number of carbonyl (C=O) groups excluding carboxylic acids is 1. The van der Waals surface area contributed by atoms with Crippen LogP contribution in [-0.4, -0.2) is 34.6 Å². The van der Waals surface area contributed by atoms with Crippen LogP contribution < -0.4 is 5.32 Å². The standard InChI is InChI=1S/C13H17BrN2O3/c1-8-5-6-9(7-10(8)14)15-12(19)16(4)13(2,3)11(17)18/h5-7H,1-4H3,(H,15,19)(H,17,18). The summed E-state index contributed by atoms with van der Waals surface area (Å²) in [6, 6.07) is 4.93. The van der Waals surface area contributed by atoms with Crippen LogP contribution in [0.3, 0.4) is 0 Å². The number of carbonyl (C=O) groups is 2. The summed E-state index contributed by atoms with van der Waals surface area (Å²) < 4.78 is 0.880. The minimum atomic E-state index is -1.27. The number of rotatable bonds is 3. The van der Waals surface area contributed by atoms with E-state index in [2.05, 4.69) is 21.2 Å². The predicted octanol–water partition coefficient (Wildman–Crippen LogP) is 3.08.